The molecule has 1 aromatic heterocycles. The zero-order valence-corrected chi connectivity index (χ0v) is 15.7. The van der Waals surface area contributed by atoms with Crippen molar-refractivity contribution in [2.24, 2.45) is 7.05 Å². The van der Waals surface area contributed by atoms with Crippen LogP contribution in [0.2, 0.25) is 0 Å². The Morgan fingerprint density at radius 1 is 1.25 bits per heavy atom. The van der Waals surface area contributed by atoms with Crippen LogP contribution >= 0.6 is 0 Å². The van der Waals surface area contributed by atoms with Gasteiger partial charge in [0, 0.05) is 36.6 Å². The summed E-state index contributed by atoms with van der Waals surface area (Å²) in [6, 6.07) is 11.2. The first kappa shape index (κ1) is 19.1. The van der Waals surface area contributed by atoms with Gasteiger partial charge in [-0.3, -0.25) is 14.9 Å². The van der Waals surface area contributed by atoms with Crippen LogP contribution in [-0.2, 0) is 7.05 Å². The van der Waals surface area contributed by atoms with Gasteiger partial charge in [0.1, 0.15) is 17.6 Å². The van der Waals surface area contributed by atoms with Crippen molar-refractivity contribution in [3.05, 3.63) is 87.5 Å². The SMILES string of the molecule is COc1ccc(C(NC(=O)c2ccc([N+](=O)[O-])c(C)c2)c2nccn2C)cc1. The van der Waals surface area contributed by atoms with E-state index in [0.29, 0.717) is 22.7 Å². The first-order chi connectivity index (χ1) is 13.4. The van der Waals surface area contributed by atoms with Crippen LogP contribution in [0.15, 0.2) is 54.9 Å². The Labute approximate surface area is 161 Å². The van der Waals surface area contributed by atoms with Crippen LogP contribution in [0, 0.1) is 17.0 Å². The molecule has 0 bridgehead atoms. The van der Waals surface area contributed by atoms with Gasteiger partial charge < -0.3 is 14.6 Å². The largest absolute Gasteiger partial charge is 0.497 e. The van der Waals surface area contributed by atoms with Gasteiger partial charge >= 0.3 is 0 Å². The molecule has 3 aromatic rings. The molecule has 8 nitrogen and oxygen atoms in total. The summed E-state index contributed by atoms with van der Waals surface area (Å²) in [5.74, 6) is 1.03. The average Bonchev–Trinajstić information content (AvgIpc) is 3.11. The predicted molar refractivity (Wildman–Crippen MR) is 103 cm³/mol. The second-order valence-electron chi connectivity index (χ2n) is 6.33. The molecule has 0 fully saturated rings. The number of nitro benzene ring substituents is 1. The molecule has 144 valence electrons. The number of aromatic nitrogens is 2. The van der Waals surface area contributed by atoms with E-state index in [1.165, 1.54) is 18.2 Å². The monoisotopic (exact) mass is 380 g/mol. The first-order valence-electron chi connectivity index (χ1n) is 8.57. The Morgan fingerprint density at radius 2 is 1.96 bits per heavy atom. The van der Waals surface area contributed by atoms with Crippen LogP contribution in [0.3, 0.4) is 0 Å². The van der Waals surface area contributed by atoms with E-state index in [4.69, 9.17) is 4.74 Å². The zero-order valence-electron chi connectivity index (χ0n) is 15.7. The minimum absolute atomic E-state index is 0.0210. The van der Waals surface area contributed by atoms with Crippen LogP contribution in [0.4, 0.5) is 5.69 Å². The smallest absolute Gasteiger partial charge is 0.272 e. The standard InChI is InChI=1S/C20H20N4O4/c1-13-12-15(6-9-17(13)24(26)27)20(25)22-18(19-21-10-11-23(19)2)14-4-7-16(28-3)8-5-14/h4-12,18H,1-3H3,(H,22,25). The van der Waals surface area contributed by atoms with Crippen molar-refractivity contribution in [2.45, 2.75) is 13.0 Å². The molecular formula is C20H20N4O4. The summed E-state index contributed by atoms with van der Waals surface area (Å²) in [5, 5.41) is 14.0. The quantitative estimate of drug-likeness (QED) is 0.523. The van der Waals surface area contributed by atoms with Crippen LogP contribution < -0.4 is 10.1 Å². The summed E-state index contributed by atoms with van der Waals surface area (Å²) in [6.07, 6.45) is 3.46. The highest BCUT2D eigenvalue weighted by molar-refractivity contribution is 5.95. The molecule has 0 saturated carbocycles. The maximum absolute atomic E-state index is 12.8. The fourth-order valence-electron chi connectivity index (χ4n) is 2.96. The number of aryl methyl sites for hydroxylation is 2. The molecule has 0 spiro atoms. The summed E-state index contributed by atoms with van der Waals surface area (Å²) >= 11 is 0. The second-order valence-corrected chi connectivity index (χ2v) is 6.33. The zero-order chi connectivity index (χ0) is 20.3. The van der Waals surface area contributed by atoms with E-state index in [2.05, 4.69) is 10.3 Å². The molecule has 3 rings (SSSR count). The van der Waals surface area contributed by atoms with Crippen molar-refractivity contribution in [3.63, 3.8) is 0 Å². The van der Waals surface area contributed by atoms with Crippen molar-refractivity contribution < 1.29 is 14.5 Å². The van der Waals surface area contributed by atoms with Gasteiger partial charge in [-0.1, -0.05) is 12.1 Å². The number of hydrogen-bond donors (Lipinski definition) is 1. The molecule has 1 heterocycles. The molecule has 8 heteroatoms. The second kappa shape index (κ2) is 7.91. The third-order valence-corrected chi connectivity index (χ3v) is 4.50. The molecule has 0 aliphatic heterocycles. The number of carbonyl (C=O) groups excluding carboxylic acids is 1. The van der Waals surface area contributed by atoms with E-state index in [-0.39, 0.29) is 11.6 Å². The molecule has 1 atom stereocenters. The minimum atomic E-state index is -0.492. The van der Waals surface area contributed by atoms with Crippen molar-refractivity contribution in [2.75, 3.05) is 7.11 Å². The first-order valence-corrected chi connectivity index (χ1v) is 8.57. The van der Waals surface area contributed by atoms with Gasteiger partial charge in [-0.25, -0.2) is 4.98 Å². The number of carbonyl (C=O) groups is 1. The Balaban J connectivity index is 1.93. The number of methoxy groups -OCH3 is 1. The van der Waals surface area contributed by atoms with Crippen LogP contribution in [0.5, 0.6) is 5.75 Å². The van der Waals surface area contributed by atoms with Gasteiger partial charge in [-0.15, -0.1) is 0 Å². The number of nitrogens with zero attached hydrogens (tertiary/aromatic N) is 3. The van der Waals surface area contributed by atoms with Crippen LogP contribution in [0.25, 0.3) is 0 Å². The van der Waals surface area contributed by atoms with Gasteiger partial charge in [0.05, 0.1) is 12.0 Å². The van der Waals surface area contributed by atoms with Crippen molar-refractivity contribution in [1.82, 2.24) is 14.9 Å². The van der Waals surface area contributed by atoms with Crippen molar-refractivity contribution in [1.29, 1.82) is 0 Å². The van der Waals surface area contributed by atoms with E-state index < -0.39 is 11.0 Å². The molecule has 0 aliphatic carbocycles. The minimum Gasteiger partial charge on any atom is -0.497 e. The summed E-state index contributed by atoms with van der Waals surface area (Å²) in [5.41, 5.74) is 1.58. The van der Waals surface area contributed by atoms with E-state index in [9.17, 15) is 14.9 Å². The van der Waals surface area contributed by atoms with E-state index in [0.717, 1.165) is 5.56 Å². The lowest BCUT2D eigenvalue weighted by molar-refractivity contribution is -0.385. The number of imidazole rings is 1. The number of rotatable bonds is 6. The molecule has 0 aliphatic rings. The Morgan fingerprint density at radius 3 is 2.50 bits per heavy atom. The third kappa shape index (κ3) is 3.85. The third-order valence-electron chi connectivity index (χ3n) is 4.50. The fourth-order valence-corrected chi connectivity index (χ4v) is 2.96. The lowest BCUT2D eigenvalue weighted by Crippen LogP contribution is -2.31. The molecule has 1 unspecified atom stereocenters. The van der Waals surface area contributed by atoms with Gasteiger partial charge in [-0.2, -0.15) is 0 Å². The normalized spacial score (nSPS) is 11.7. The summed E-state index contributed by atoms with van der Waals surface area (Å²) in [7, 11) is 3.44. The van der Waals surface area contributed by atoms with Crippen molar-refractivity contribution in [3.8, 4) is 5.75 Å². The maximum atomic E-state index is 12.8. The van der Waals surface area contributed by atoms with Gasteiger partial charge in [-0.05, 0) is 36.8 Å². The van der Waals surface area contributed by atoms with E-state index in [1.807, 2.05) is 35.9 Å². The maximum Gasteiger partial charge on any atom is 0.272 e. The number of benzene rings is 2. The highest BCUT2D eigenvalue weighted by Crippen LogP contribution is 2.24. The summed E-state index contributed by atoms with van der Waals surface area (Å²) < 4.78 is 7.02. The number of amides is 1. The summed E-state index contributed by atoms with van der Waals surface area (Å²) in [4.78, 5) is 27.7. The molecule has 2 aromatic carbocycles. The highest BCUT2D eigenvalue weighted by atomic mass is 16.6. The van der Waals surface area contributed by atoms with Crippen LogP contribution in [0.1, 0.15) is 33.4 Å². The number of nitrogens with one attached hydrogen (secondary N) is 1. The molecule has 1 amide bonds. The molecule has 0 saturated heterocycles. The number of nitro groups is 1. The van der Waals surface area contributed by atoms with E-state index >= 15 is 0 Å². The highest BCUT2D eigenvalue weighted by Gasteiger charge is 2.22. The molecule has 0 radical (unpaired) electrons. The van der Waals surface area contributed by atoms with Gasteiger partial charge in [0.2, 0.25) is 0 Å². The lowest BCUT2D eigenvalue weighted by Gasteiger charge is -2.19. The topological polar surface area (TPSA) is 99.3 Å². The van der Waals surface area contributed by atoms with E-state index in [1.54, 1.807) is 26.4 Å². The summed E-state index contributed by atoms with van der Waals surface area (Å²) in [6.45, 7) is 1.61. The molecule has 1 N–H and O–H groups in total. The van der Waals surface area contributed by atoms with Gasteiger partial charge in [0.25, 0.3) is 11.6 Å². The van der Waals surface area contributed by atoms with Crippen molar-refractivity contribution >= 4 is 11.6 Å². The van der Waals surface area contributed by atoms with Crippen LogP contribution in [-0.4, -0.2) is 27.5 Å². The fraction of sp³-hybridized carbons (Fsp3) is 0.200. The lowest BCUT2D eigenvalue weighted by atomic mass is 10.0. The molecular weight excluding hydrogens is 360 g/mol. The number of ether oxygens (including phenoxy) is 1. The Hall–Kier alpha value is -3.68. The predicted octanol–water partition coefficient (Wildman–Crippen LogP) is 3.16. The Bertz CT molecular complexity index is 1010. The average molecular weight is 380 g/mol. The Kier molecular flexibility index (Phi) is 5.39. The van der Waals surface area contributed by atoms with Gasteiger partial charge in [0.15, 0.2) is 0 Å². The molecule has 28 heavy (non-hydrogen) atoms. The number of hydrogen-bond acceptors (Lipinski definition) is 5.